The predicted molar refractivity (Wildman–Crippen MR) is 127 cm³/mol. The van der Waals surface area contributed by atoms with Crippen LogP contribution in [0.2, 0.25) is 36.3 Å². The van der Waals surface area contributed by atoms with Gasteiger partial charge in [-0.05, 0) is 48.8 Å². The second-order valence-electron chi connectivity index (χ2n) is 11.7. The fraction of sp³-hybridized carbons (Fsp3) is 0.818. The van der Waals surface area contributed by atoms with Crippen molar-refractivity contribution in [2.75, 3.05) is 6.61 Å². The zero-order valence-electron chi connectivity index (χ0n) is 20.8. The number of rotatable bonds is 6. The molecule has 0 unspecified atom stereocenters. The van der Waals surface area contributed by atoms with Gasteiger partial charge in [-0.3, -0.25) is 4.57 Å². The molecule has 8 heteroatoms. The summed E-state index contributed by atoms with van der Waals surface area (Å²) in [6.45, 7) is 24.8. The smallest absolute Gasteiger partial charge is 0.349 e. The Morgan fingerprint density at radius 3 is 2.20 bits per heavy atom. The molecule has 172 valence electrons. The van der Waals surface area contributed by atoms with E-state index in [2.05, 4.69) is 72.7 Å². The van der Waals surface area contributed by atoms with E-state index in [-0.39, 0.29) is 34.2 Å². The average molecular weight is 455 g/mol. The van der Waals surface area contributed by atoms with E-state index < -0.39 is 16.6 Å². The molecule has 3 atom stereocenters. The summed E-state index contributed by atoms with van der Waals surface area (Å²) in [5.74, 6) is 0. The first kappa shape index (κ1) is 25.5. The highest BCUT2D eigenvalue weighted by atomic mass is 28.4. The Morgan fingerprint density at radius 2 is 1.67 bits per heavy atom. The molecule has 1 fully saturated rings. The normalized spacial score (nSPS) is 23.8. The van der Waals surface area contributed by atoms with E-state index in [1.807, 2.05) is 13.1 Å². The Labute approximate surface area is 184 Å². The molecule has 1 aliphatic rings. The van der Waals surface area contributed by atoms with Crippen LogP contribution in [-0.4, -0.2) is 45.0 Å². The van der Waals surface area contributed by atoms with Crippen LogP contribution in [0.25, 0.3) is 0 Å². The second kappa shape index (κ2) is 8.62. The molecular formula is C22H42N2O4Si2. The lowest BCUT2D eigenvalue weighted by atomic mass is 10.2. The standard InChI is InChI=1S/C22H42N2O4Si2/c1-16-13-23-20(25)24(14-16)19-12-17(28-30(10,11)22(5,6)7)18(27-19)15-26-29(8,9)21(2,3)4/h13-14,17-19H,12,15H2,1-11H3/t17-,18+,19+/m0/s1. The molecule has 0 N–H and O–H groups in total. The molecule has 30 heavy (non-hydrogen) atoms. The number of aryl methyl sites for hydroxylation is 1. The van der Waals surface area contributed by atoms with Gasteiger partial charge in [-0.15, -0.1) is 0 Å². The Hall–Kier alpha value is -0.806. The minimum Gasteiger partial charge on any atom is -0.414 e. The number of hydrogen-bond acceptors (Lipinski definition) is 5. The van der Waals surface area contributed by atoms with E-state index in [0.29, 0.717) is 13.0 Å². The molecule has 2 rings (SSSR count). The Bertz CT molecular complexity index is 794. The lowest BCUT2D eigenvalue weighted by Crippen LogP contribution is -2.48. The maximum Gasteiger partial charge on any atom is 0.349 e. The Kier molecular flexibility index (Phi) is 7.31. The van der Waals surface area contributed by atoms with E-state index in [0.717, 1.165) is 5.56 Å². The van der Waals surface area contributed by atoms with Crippen LogP contribution in [0.3, 0.4) is 0 Å². The summed E-state index contributed by atoms with van der Waals surface area (Å²) in [7, 11) is -3.93. The lowest BCUT2D eigenvalue weighted by molar-refractivity contribution is -0.0412. The summed E-state index contributed by atoms with van der Waals surface area (Å²) in [6.07, 6.45) is 3.35. The highest BCUT2D eigenvalue weighted by Crippen LogP contribution is 2.42. The van der Waals surface area contributed by atoms with Crippen LogP contribution in [0.1, 0.15) is 59.8 Å². The maximum absolute atomic E-state index is 12.4. The summed E-state index contributed by atoms with van der Waals surface area (Å²) in [5.41, 5.74) is 0.642. The fourth-order valence-electron chi connectivity index (χ4n) is 2.95. The van der Waals surface area contributed by atoms with Crippen molar-refractivity contribution < 1.29 is 13.6 Å². The molecular weight excluding hydrogens is 412 g/mol. The highest BCUT2D eigenvalue weighted by molar-refractivity contribution is 6.74. The third kappa shape index (κ3) is 5.70. The van der Waals surface area contributed by atoms with Crippen molar-refractivity contribution in [1.29, 1.82) is 0 Å². The molecule has 0 saturated carbocycles. The van der Waals surface area contributed by atoms with E-state index >= 15 is 0 Å². The Morgan fingerprint density at radius 1 is 1.10 bits per heavy atom. The van der Waals surface area contributed by atoms with Crippen molar-refractivity contribution in [2.24, 2.45) is 0 Å². The zero-order chi connectivity index (χ0) is 23.1. The van der Waals surface area contributed by atoms with Crippen molar-refractivity contribution in [1.82, 2.24) is 9.55 Å². The van der Waals surface area contributed by atoms with Gasteiger partial charge in [0.25, 0.3) is 0 Å². The minimum atomic E-state index is -2.01. The first-order valence-corrected chi connectivity index (χ1v) is 16.8. The molecule has 6 nitrogen and oxygen atoms in total. The molecule has 2 heterocycles. The van der Waals surface area contributed by atoms with Crippen LogP contribution in [0, 0.1) is 6.92 Å². The van der Waals surface area contributed by atoms with Crippen LogP contribution < -0.4 is 5.69 Å². The van der Waals surface area contributed by atoms with Crippen LogP contribution >= 0.6 is 0 Å². The van der Waals surface area contributed by atoms with E-state index in [9.17, 15) is 4.79 Å². The van der Waals surface area contributed by atoms with Crippen LogP contribution in [0.15, 0.2) is 17.2 Å². The summed E-state index contributed by atoms with van der Waals surface area (Å²) in [4.78, 5) is 16.4. The molecule has 0 bridgehead atoms. The SMILES string of the molecule is Cc1cnc(=O)n([C@H]2C[C@H](O[Si](C)(C)C(C)(C)C)[C@@H](CO[Si](C)(C)C(C)(C)C)O2)c1. The molecule has 0 aromatic carbocycles. The summed E-state index contributed by atoms with van der Waals surface area (Å²) >= 11 is 0. The Balaban J connectivity index is 2.28. The van der Waals surface area contributed by atoms with Gasteiger partial charge in [0, 0.05) is 18.8 Å². The van der Waals surface area contributed by atoms with E-state index in [4.69, 9.17) is 13.6 Å². The average Bonchev–Trinajstić information content (AvgIpc) is 2.95. The van der Waals surface area contributed by atoms with Gasteiger partial charge in [0.05, 0.1) is 12.7 Å². The number of hydrogen-bond donors (Lipinski definition) is 0. The molecule has 0 aliphatic carbocycles. The third-order valence-electron chi connectivity index (χ3n) is 7.10. The summed E-state index contributed by atoms with van der Waals surface area (Å²) in [5, 5.41) is 0.218. The van der Waals surface area contributed by atoms with Crippen molar-refractivity contribution in [3.8, 4) is 0 Å². The van der Waals surface area contributed by atoms with Crippen molar-refractivity contribution in [3.63, 3.8) is 0 Å². The first-order valence-electron chi connectivity index (χ1n) is 11.0. The van der Waals surface area contributed by atoms with Crippen LogP contribution in [-0.2, 0) is 13.6 Å². The highest BCUT2D eigenvalue weighted by Gasteiger charge is 2.46. The monoisotopic (exact) mass is 454 g/mol. The second-order valence-corrected chi connectivity index (χ2v) is 21.2. The van der Waals surface area contributed by atoms with Gasteiger partial charge in [0.1, 0.15) is 12.3 Å². The van der Waals surface area contributed by atoms with E-state index in [1.165, 1.54) is 0 Å². The molecule has 1 aliphatic heterocycles. The van der Waals surface area contributed by atoms with Gasteiger partial charge in [-0.1, -0.05) is 41.5 Å². The number of nitrogens with zero attached hydrogens (tertiary/aromatic N) is 2. The molecule has 1 saturated heterocycles. The molecule has 1 aromatic rings. The van der Waals surface area contributed by atoms with Crippen LogP contribution in [0.5, 0.6) is 0 Å². The summed E-state index contributed by atoms with van der Waals surface area (Å²) in [6, 6.07) is 0. The fourth-order valence-corrected chi connectivity index (χ4v) is 5.32. The molecule has 0 radical (unpaired) electrons. The molecule has 0 spiro atoms. The van der Waals surface area contributed by atoms with Gasteiger partial charge < -0.3 is 13.6 Å². The van der Waals surface area contributed by atoms with Gasteiger partial charge >= 0.3 is 5.69 Å². The van der Waals surface area contributed by atoms with Crippen LogP contribution in [0.4, 0.5) is 0 Å². The largest absolute Gasteiger partial charge is 0.414 e. The van der Waals surface area contributed by atoms with Gasteiger partial charge in [-0.2, -0.15) is 0 Å². The quantitative estimate of drug-likeness (QED) is 0.549. The topological polar surface area (TPSA) is 62.6 Å². The maximum atomic E-state index is 12.4. The summed E-state index contributed by atoms with van der Waals surface area (Å²) < 4.78 is 21.2. The van der Waals surface area contributed by atoms with Gasteiger partial charge in [-0.25, -0.2) is 9.78 Å². The minimum absolute atomic E-state index is 0.0949. The zero-order valence-corrected chi connectivity index (χ0v) is 22.8. The lowest BCUT2D eigenvalue weighted by Gasteiger charge is -2.40. The molecule has 1 aromatic heterocycles. The van der Waals surface area contributed by atoms with Crippen molar-refractivity contribution >= 4 is 16.6 Å². The van der Waals surface area contributed by atoms with Crippen molar-refractivity contribution in [3.05, 3.63) is 28.4 Å². The van der Waals surface area contributed by atoms with Crippen molar-refractivity contribution in [2.45, 2.75) is 110 Å². The number of aromatic nitrogens is 2. The van der Waals surface area contributed by atoms with E-state index in [1.54, 1.807) is 10.8 Å². The molecule has 0 amide bonds. The third-order valence-corrected chi connectivity index (χ3v) is 16.1. The van der Waals surface area contributed by atoms with Gasteiger partial charge in [0.2, 0.25) is 0 Å². The van der Waals surface area contributed by atoms with Gasteiger partial charge in [0.15, 0.2) is 16.6 Å². The first-order chi connectivity index (χ1) is 13.4. The number of ether oxygens (including phenoxy) is 1. The predicted octanol–water partition coefficient (Wildman–Crippen LogP) is 5.25.